The van der Waals surface area contributed by atoms with Gasteiger partial charge in [0, 0.05) is 0 Å². The first-order valence-electron chi connectivity index (χ1n) is 6.40. The molecule has 0 saturated carbocycles. The fourth-order valence-corrected chi connectivity index (χ4v) is 2.88. The predicted octanol–water partition coefficient (Wildman–Crippen LogP) is 3.86. The summed E-state index contributed by atoms with van der Waals surface area (Å²) in [5, 5.41) is 10.9. The van der Waals surface area contributed by atoms with Crippen LogP contribution < -0.4 is 5.32 Å². The van der Waals surface area contributed by atoms with E-state index in [9.17, 15) is 14.0 Å². The van der Waals surface area contributed by atoms with Crippen molar-refractivity contribution < 1.29 is 23.5 Å². The molecule has 0 aliphatic rings. The highest BCUT2D eigenvalue weighted by Gasteiger charge is 2.24. The van der Waals surface area contributed by atoms with E-state index in [2.05, 4.69) is 10.3 Å². The quantitative estimate of drug-likeness (QED) is 0.708. The summed E-state index contributed by atoms with van der Waals surface area (Å²) < 4.78 is 19.1. The van der Waals surface area contributed by atoms with Gasteiger partial charge in [0.15, 0.2) is 10.9 Å². The predicted molar refractivity (Wildman–Crippen MR) is 81.3 cm³/mol. The maximum atomic E-state index is 13.8. The number of amides is 1. The first kappa shape index (κ1) is 14.9. The Balaban J connectivity index is 2.10. The third-order valence-electron chi connectivity index (χ3n) is 2.92. The molecule has 0 fully saturated rings. The molecule has 0 spiro atoms. The van der Waals surface area contributed by atoms with Crippen molar-refractivity contribution in [1.29, 1.82) is 0 Å². The number of nitrogens with zero attached hydrogens (tertiary/aromatic N) is 1. The van der Waals surface area contributed by atoms with Gasteiger partial charge in [0.2, 0.25) is 5.78 Å². The van der Waals surface area contributed by atoms with Gasteiger partial charge >= 0.3 is 6.09 Å². The number of benzene rings is 1. The summed E-state index contributed by atoms with van der Waals surface area (Å²) >= 11 is 0.818. The third kappa shape index (κ3) is 2.97. The Hall–Kier alpha value is -3.00. The van der Waals surface area contributed by atoms with Crippen LogP contribution in [-0.4, -0.2) is 22.0 Å². The molecule has 0 aliphatic heterocycles. The van der Waals surface area contributed by atoms with Crippen molar-refractivity contribution in [1.82, 2.24) is 4.98 Å². The molecule has 8 heteroatoms. The lowest BCUT2D eigenvalue weighted by molar-refractivity contribution is 0.103. The number of nitrogens with one attached hydrogen (secondary N) is 1. The zero-order valence-corrected chi connectivity index (χ0v) is 12.3. The zero-order valence-electron chi connectivity index (χ0n) is 11.4. The highest BCUT2D eigenvalue weighted by Crippen LogP contribution is 2.33. The Bertz CT molecular complexity index is 873. The van der Waals surface area contributed by atoms with Crippen LogP contribution in [0, 0.1) is 5.82 Å². The third-order valence-corrected chi connectivity index (χ3v) is 3.89. The molecule has 23 heavy (non-hydrogen) atoms. The summed E-state index contributed by atoms with van der Waals surface area (Å²) in [6.45, 7) is 0. The van der Waals surface area contributed by atoms with E-state index in [1.54, 1.807) is 18.2 Å². The Morgan fingerprint density at radius 3 is 2.65 bits per heavy atom. The molecule has 2 heterocycles. The molecule has 0 unspecified atom stereocenters. The van der Waals surface area contributed by atoms with Crippen molar-refractivity contribution in [3.63, 3.8) is 0 Å². The largest absolute Gasteiger partial charge is 0.465 e. The van der Waals surface area contributed by atoms with Crippen molar-refractivity contribution >= 4 is 28.3 Å². The number of carboxylic acid groups (broad SMARTS) is 1. The highest BCUT2D eigenvalue weighted by molar-refractivity contribution is 7.18. The number of thiazole rings is 1. The molecule has 0 aliphatic carbocycles. The second-order valence-corrected chi connectivity index (χ2v) is 5.41. The second kappa shape index (κ2) is 6.01. The fraction of sp³-hybridized carbons (Fsp3) is 0. The number of ketones is 1. The molecule has 0 atom stereocenters. The van der Waals surface area contributed by atoms with Crippen LogP contribution in [0.4, 0.5) is 14.3 Å². The van der Waals surface area contributed by atoms with Crippen LogP contribution in [0.2, 0.25) is 0 Å². The van der Waals surface area contributed by atoms with Gasteiger partial charge in [-0.05, 0) is 24.3 Å². The first-order chi connectivity index (χ1) is 11.1. The van der Waals surface area contributed by atoms with E-state index in [4.69, 9.17) is 9.52 Å². The summed E-state index contributed by atoms with van der Waals surface area (Å²) in [7, 11) is 0. The molecule has 2 aromatic heterocycles. The van der Waals surface area contributed by atoms with Crippen LogP contribution in [0.5, 0.6) is 0 Å². The summed E-state index contributed by atoms with van der Waals surface area (Å²) in [5.74, 6) is -0.964. The van der Waals surface area contributed by atoms with E-state index in [0.717, 1.165) is 11.3 Å². The van der Waals surface area contributed by atoms with Crippen LogP contribution in [0.1, 0.15) is 15.2 Å². The van der Waals surface area contributed by atoms with Gasteiger partial charge in [0.05, 0.1) is 11.8 Å². The van der Waals surface area contributed by atoms with Gasteiger partial charge in [-0.3, -0.25) is 10.1 Å². The fourth-order valence-electron chi connectivity index (χ4n) is 1.97. The second-order valence-electron chi connectivity index (χ2n) is 4.41. The summed E-state index contributed by atoms with van der Waals surface area (Å²) in [6, 6.07) is 8.74. The molecule has 3 aromatic rings. The van der Waals surface area contributed by atoms with Crippen LogP contribution in [0.25, 0.3) is 11.5 Å². The van der Waals surface area contributed by atoms with Gasteiger partial charge in [-0.1, -0.05) is 23.5 Å². The van der Waals surface area contributed by atoms with Crippen molar-refractivity contribution in [2.24, 2.45) is 0 Å². The topological polar surface area (TPSA) is 92.4 Å². The summed E-state index contributed by atoms with van der Waals surface area (Å²) in [6.07, 6.45) is 0.0886. The molecule has 0 radical (unpaired) electrons. The Morgan fingerprint density at radius 2 is 2.00 bits per heavy atom. The molecule has 0 saturated heterocycles. The number of hydrogen-bond donors (Lipinski definition) is 2. The maximum Gasteiger partial charge on any atom is 0.410 e. The molecule has 6 nitrogen and oxygen atoms in total. The number of furan rings is 1. The SMILES string of the molecule is O=C(O)Nc1nc(-c2ccco2)c(C(=O)c2ccccc2F)s1. The first-order valence-corrected chi connectivity index (χ1v) is 7.22. The minimum Gasteiger partial charge on any atom is -0.465 e. The number of rotatable bonds is 4. The number of carbonyl (C=O) groups is 2. The molecule has 116 valence electrons. The van der Waals surface area contributed by atoms with Gasteiger partial charge in [-0.2, -0.15) is 0 Å². The minimum atomic E-state index is -1.31. The van der Waals surface area contributed by atoms with Crippen LogP contribution in [0.15, 0.2) is 47.1 Å². The summed E-state index contributed by atoms with van der Waals surface area (Å²) in [5.41, 5.74) is 0.0443. The van der Waals surface area contributed by atoms with E-state index < -0.39 is 17.7 Å². The van der Waals surface area contributed by atoms with Crippen molar-refractivity contribution in [2.45, 2.75) is 0 Å². The molecule has 1 aromatic carbocycles. The van der Waals surface area contributed by atoms with Crippen LogP contribution in [-0.2, 0) is 0 Å². The van der Waals surface area contributed by atoms with E-state index >= 15 is 0 Å². The van der Waals surface area contributed by atoms with E-state index in [-0.39, 0.29) is 21.3 Å². The molecule has 1 amide bonds. The van der Waals surface area contributed by atoms with E-state index in [0.29, 0.717) is 5.76 Å². The van der Waals surface area contributed by atoms with Gasteiger partial charge in [0.25, 0.3) is 0 Å². The van der Waals surface area contributed by atoms with Crippen LogP contribution >= 0.6 is 11.3 Å². The zero-order chi connectivity index (χ0) is 16.4. The standard InChI is InChI=1S/C15H9FN2O4S/c16-9-5-2-1-4-8(9)12(19)13-11(10-6-3-7-22-10)17-14(23-13)18-15(20)21/h1-7H,(H,17,18)(H,20,21). The lowest BCUT2D eigenvalue weighted by Crippen LogP contribution is -2.06. The van der Waals surface area contributed by atoms with Crippen molar-refractivity contribution in [3.8, 4) is 11.5 Å². The molecular weight excluding hydrogens is 323 g/mol. The number of halogens is 1. The smallest absolute Gasteiger partial charge is 0.410 e. The molecule has 2 N–H and O–H groups in total. The summed E-state index contributed by atoms with van der Waals surface area (Å²) in [4.78, 5) is 27.5. The highest BCUT2D eigenvalue weighted by atomic mass is 32.1. The molecular formula is C15H9FN2O4S. The number of hydrogen-bond acceptors (Lipinski definition) is 5. The average Bonchev–Trinajstić information content (AvgIpc) is 3.15. The van der Waals surface area contributed by atoms with Crippen molar-refractivity contribution in [3.05, 3.63) is 58.9 Å². The van der Waals surface area contributed by atoms with Crippen molar-refractivity contribution in [2.75, 3.05) is 5.32 Å². The van der Waals surface area contributed by atoms with Gasteiger partial charge in [-0.25, -0.2) is 14.2 Å². The Morgan fingerprint density at radius 1 is 1.22 bits per heavy atom. The Labute approximate surface area is 133 Å². The lowest BCUT2D eigenvalue weighted by atomic mass is 10.1. The number of aromatic nitrogens is 1. The average molecular weight is 332 g/mol. The molecule has 0 bridgehead atoms. The van der Waals surface area contributed by atoms with Gasteiger partial charge in [-0.15, -0.1) is 0 Å². The van der Waals surface area contributed by atoms with Gasteiger partial charge < -0.3 is 9.52 Å². The molecule has 3 rings (SSSR count). The number of anilines is 1. The van der Waals surface area contributed by atoms with E-state index in [1.807, 2.05) is 0 Å². The van der Waals surface area contributed by atoms with Crippen LogP contribution in [0.3, 0.4) is 0 Å². The van der Waals surface area contributed by atoms with E-state index in [1.165, 1.54) is 24.5 Å². The van der Waals surface area contributed by atoms with Gasteiger partial charge in [0.1, 0.15) is 16.4 Å². The monoisotopic (exact) mass is 332 g/mol. The maximum absolute atomic E-state index is 13.8. The normalized spacial score (nSPS) is 10.5. The number of carbonyl (C=O) groups excluding carboxylic acids is 1. The lowest BCUT2D eigenvalue weighted by Gasteiger charge is -2.01. The minimum absolute atomic E-state index is 0.00332. The Kier molecular flexibility index (Phi) is 3.90.